The molecule has 0 spiro atoms. The van der Waals surface area contributed by atoms with Crippen molar-refractivity contribution in [2.24, 2.45) is 0 Å². The summed E-state index contributed by atoms with van der Waals surface area (Å²) in [4.78, 5) is 39.2. The van der Waals surface area contributed by atoms with E-state index in [2.05, 4.69) is 10.6 Å². The van der Waals surface area contributed by atoms with Crippen molar-refractivity contribution in [1.29, 1.82) is 0 Å². The molecule has 0 aliphatic carbocycles. The van der Waals surface area contributed by atoms with Crippen LogP contribution < -0.4 is 10.6 Å². The molecule has 1 heterocycles. The number of amides is 3. The maximum absolute atomic E-state index is 12.9. The number of piperazine rings is 1. The minimum Gasteiger partial charge on any atom is -0.333 e. The molecule has 176 valence electrons. The second-order valence-corrected chi connectivity index (χ2v) is 7.89. The third-order valence-electron chi connectivity index (χ3n) is 5.35. The molecule has 1 aliphatic rings. The average Bonchev–Trinajstić information content (AvgIpc) is 2.74. The number of nitrogens with one attached hydrogen (secondary N) is 2. The van der Waals surface area contributed by atoms with Gasteiger partial charge in [-0.2, -0.15) is 13.2 Å². The van der Waals surface area contributed by atoms with Gasteiger partial charge in [0.25, 0.3) is 0 Å². The molecule has 1 aliphatic heterocycles. The number of carbonyl (C=O) groups excluding carboxylic acids is 3. The Balaban J connectivity index is 1.65. The van der Waals surface area contributed by atoms with Crippen molar-refractivity contribution < 1.29 is 27.6 Å². The lowest BCUT2D eigenvalue weighted by atomic mass is 10.0. The number of benzene rings is 2. The number of carbonyl (C=O) groups is 3. The molecule has 1 saturated heterocycles. The van der Waals surface area contributed by atoms with E-state index in [0.29, 0.717) is 36.6 Å². The van der Waals surface area contributed by atoms with Crippen LogP contribution in [-0.2, 0) is 20.6 Å². The van der Waals surface area contributed by atoms with E-state index in [1.165, 1.54) is 26.0 Å². The Morgan fingerprint density at radius 3 is 2.00 bits per heavy atom. The minimum absolute atomic E-state index is 0.0658. The number of rotatable bonds is 5. The van der Waals surface area contributed by atoms with Crippen LogP contribution in [0.15, 0.2) is 48.5 Å². The third-order valence-corrected chi connectivity index (χ3v) is 5.35. The van der Waals surface area contributed by atoms with E-state index >= 15 is 0 Å². The van der Waals surface area contributed by atoms with Crippen LogP contribution >= 0.6 is 0 Å². The Bertz CT molecular complexity index is 1010. The van der Waals surface area contributed by atoms with Crippen LogP contribution in [-0.4, -0.2) is 53.7 Å². The SMILES string of the molecule is CC(=O)Nc1ccc(NC(=O)CN2CCN(C(C)=O)[C@@H](c3ccc(C(F)(F)F)cc3)C2)cc1. The van der Waals surface area contributed by atoms with Gasteiger partial charge in [-0.15, -0.1) is 0 Å². The van der Waals surface area contributed by atoms with Crippen LogP contribution in [0.4, 0.5) is 24.5 Å². The van der Waals surface area contributed by atoms with Crippen molar-refractivity contribution in [3.8, 4) is 0 Å². The third kappa shape index (κ3) is 6.55. The summed E-state index contributed by atoms with van der Waals surface area (Å²) in [5.74, 6) is -0.632. The molecular weight excluding hydrogens is 437 g/mol. The molecule has 3 rings (SSSR count). The summed E-state index contributed by atoms with van der Waals surface area (Å²) in [5.41, 5.74) is 1.00. The fraction of sp³-hybridized carbons (Fsp3) is 0.348. The smallest absolute Gasteiger partial charge is 0.333 e. The first-order valence-electron chi connectivity index (χ1n) is 10.4. The largest absolute Gasteiger partial charge is 0.416 e. The first-order chi connectivity index (χ1) is 15.5. The number of hydrogen-bond donors (Lipinski definition) is 2. The van der Waals surface area contributed by atoms with E-state index in [-0.39, 0.29) is 24.3 Å². The van der Waals surface area contributed by atoms with E-state index in [1.54, 1.807) is 29.2 Å². The maximum atomic E-state index is 12.9. The summed E-state index contributed by atoms with van der Waals surface area (Å²) in [6.45, 7) is 4.03. The van der Waals surface area contributed by atoms with Crippen molar-refractivity contribution in [3.05, 3.63) is 59.7 Å². The van der Waals surface area contributed by atoms with E-state index in [9.17, 15) is 27.6 Å². The highest BCUT2D eigenvalue weighted by Gasteiger charge is 2.33. The van der Waals surface area contributed by atoms with Gasteiger partial charge in [0.15, 0.2) is 0 Å². The van der Waals surface area contributed by atoms with Gasteiger partial charge in [0.05, 0.1) is 18.2 Å². The molecule has 1 atom stereocenters. The number of nitrogens with zero attached hydrogens (tertiary/aromatic N) is 2. The highest BCUT2D eigenvalue weighted by atomic mass is 19.4. The van der Waals surface area contributed by atoms with E-state index in [1.807, 2.05) is 4.90 Å². The van der Waals surface area contributed by atoms with Crippen LogP contribution in [0.3, 0.4) is 0 Å². The first-order valence-corrected chi connectivity index (χ1v) is 10.4. The topological polar surface area (TPSA) is 81.8 Å². The standard InChI is InChI=1S/C23H25F3N4O3/c1-15(31)27-19-7-9-20(10-8-19)28-22(33)14-29-11-12-30(16(2)32)21(13-29)17-3-5-18(6-4-17)23(24,25)26/h3-10,21H,11-14H2,1-2H3,(H,27,31)(H,28,33)/t21-/m1/s1. The van der Waals surface area contributed by atoms with Crippen molar-refractivity contribution in [3.63, 3.8) is 0 Å². The van der Waals surface area contributed by atoms with Gasteiger partial charge in [0.1, 0.15) is 0 Å². The number of alkyl halides is 3. The molecule has 7 nitrogen and oxygen atoms in total. The van der Waals surface area contributed by atoms with Gasteiger partial charge >= 0.3 is 6.18 Å². The molecule has 0 unspecified atom stereocenters. The molecule has 3 amide bonds. The highest BCUT2D eigenvalue weighted by Crippen LogP contribution is 2.32. The Hall–Kier alpha value is -3.40. The maximum Gasteiger partial charge on any atom is 0.416 e. The molecular formula is C23H25F3N4O3. The fourth-order valence-electron chi connectivity index (χ4n) is 3.78. The average molecular weight is 462 g/mol. The summed E-state index contributed by atoms with van der Waals surface area (Å²) in [6, 6.07) is 11.0. The molecule has 2 aromatic carbocycles. The molecule has 33 heavy (non-hydrogen) atoms. The number of hydrogen-bond acceptors (Lipinski definition) is 4. The molecule has 10 heteroatoms. The first kappa shape index (κ1) is 24.2. The van der Waals surface area contributed by atoms with Gasteiger partial charge in [0, 0.05) is 44.9 Å². The lowest BCUT2D eigenvalue weighted by Gasteiger charge is -2.41. The van der Waals surface area contributed by atoms with Gasteiger partial charge in [-0.3, -0.25) is 19.3 Å². The Labute approximate surface area is 189 Å². The fourth-order valence-corrected chi connectivity index (χ4v) is 3.78. The van der Waals surface area contributed by atoms with Gasteiger partial charge in [-0.05, 0) is 42.0 Å². The van der Waals surface area contributed by atoms with Gasteiger partial charge in [-0.25, -0.2) is 0 Å². The van der Waals surface area contributed by atoms with Crippen molar-refractivity contribution >= 4 is 29.1 Å². The molecule has 0 bridgehead atoms. The number of anilines is 2. The van der Waals surface area contributed by atoms with Gasteiger partial charge in [-0.1, -0.05) is 12.1 Å². The summed E-state index contributed by atoms with van der Waals surface area (Å²) < 4.78 is 38.7. The van der Waals surface area contributed by atoms with Crippen LogP contribution in [0.5, 0.6) is 0 Å². The zero-order valence-electron chi connectivity index (χ0n) is 18.3. The zero-order valence-corrected chi connectivity index (χ0v) is 18.3. The summed E-state index contributed by atoms with van der Waals surface area (Å²) in [6.07, 6.45) is -4.43. The summed E-state index contributed by atoms with van der Waals surface area (Å²) >= 11 is 0. The lowest BCUT2D eigenvalue weighted by Crippen LogP contribution is -2.51. The molecule has 1 fully saturated rings. The van der Waals surface area contributed by atoms with E-state index in [0.717, 1.165) is 12.1 Å². The van der Waals surface area contributed by atoms with Crippen LogP contribution in [0.25, 0.3) is 0 Å². The van der Waals surface area contributed by atoms with E-state index in [4.69, 9.17) is 0 Å². The van der Waals surface area contributed by atoms with Crippen LogP contribution in [0.2, 0.25) is 0 Å². The second-order valence-electron chi connectivity index (χ2n) is 7.89. The zero-order chi connectivity index (χ0) is 24.2. The van der Waals surface area contributed by atoms with Gasteiger partial charge < -0.3 is 15.5 Å². The summed E-state index contributed by atoms with van der Waals surface area (Å²) in [5, 5.41) is 5.43. The van der Waals surface area contributed by atoms with Crippen LogP contribution in [0, 0.1) is 0 Å². The highest BCUT2D eigenvalue weighted by molar-refractivity contribution is 5.93. The van der Waals surface area contributed by atoms with Crippen molar-refractivity contribution in [1.82, 2.24) is 9.80 Å². The Morgan fingerprint density at radius 1 is 0.909 bits per heavy atom. The molecule has 0 saturated carbocycles. The van der Waals surface area contributed by atoms with Gasteiger partial charge in [0.2, 0.25) is 17.7 Å². The molecule has 0 aromatic heterocycles. The molecule has 2 aromatic rings. The second kappa shape index (κ2) is 10.0. The van der Waals surface area contributed by atoms with Crippen LogP contribution in [0.1, 0.15) is 31.0 Å². The Kier molecular flexibility index (Phi) is 7.37. The van der Waals surface area contributed by atoms with Crippen molar-refractivity contribution in [2.75, 3.05) is 36.8 Å². The minimum atomic E-state index is -4.43. The molecule has 2 N–H and O–H groups in total. The lowest BCUT2D eigenvalue weighted by molar-refractivity contribution is -0.138. The van der Waals surface area contributed by atoms with E-state index < -0.39 is 17.8 Å². The predicted molar refractivity (Wildman–Crippen MR) is 117 cm³/mol. The number of halogens is 3. The monoisotopic (exact) mass is 462 g/mol. The predicted octanol–water partition coefficient (Wildman–Crippen LogP) is 3.51. The quantitative estimate of drug-likeness (QED) is 0.713. The Morgan fingerprint density at radius 2 is 1.48 bits per heavy atom. The molecule has 0 radical (unpaired) electrons. The summed E-state index contributed by atoms with van der Waals surface area (Å²) in [7, 11) is 0. The van der Waals surface area contributed by atoms with Crippen molar-refractivity contribution in [2.45, 2.75) is 26.1 Å². The normalized spacial score (nSPS) is 16.9.